The van der Waals surface area contributed by atoms with Crippen LogP contribution in [-0.4, -0.2) is 5.11 Å². The molecular weight excluding hydrogens is 421 g/mol. The Morgan fingerprint density at radius 3 is 2.26 bits per heavy atom. The first-order chi connectivity index (χ1) is 12.7. The smallest absolute Gasteiger partial charge is 0.416 e. The van der Waals surface area contributed by atoms with E-state index in [4.69, 9.17) is 4.74 Å². The van der Waals surface area contributed by atoms with Gasteiger partial charge in [0.25, 0.3) is 0 Å². The summed E-state index contributed by atoms with van der Waals surface area (Å²) in [5.74, 6) is 0.829. The average Bonchev–Trinajstić information content (AvgIpc) is 2.62. The first-order valence-corrected chi connectivity index (χ1v) is 8.91. The van der Waals surface area contributed by atoms with Gasteiger partial charge < -0.3 is 9.84 Å². The number of aryl methyl sites for hydroxylation is 1. The third-order valence-electron chi connectivity index (χ3n) is 4.08. The van der Waals surface area contributed by atoms with E-state index in [1.807, 2.05) is 18.2 Å². The lowest BCUT2D eigenvalue weighted by atomic mass is 10.0. The molecule has 3 aromatic carbocycles. The number of rotatable bonds is 4. The number of halogens is 4. The van der Waals surface area contributed by atoms with Gasteiger partial charge in [-0.05, 0) is 77.7 Å². The summed E-state index contributed by atoms with van der Waals surface area (Å²) < 4.78 is 44.7. The molecule has 3 aromatic rings. The first-order valence-electron chi connectivity index (χ1n) is 8.12. The van der Waals surface area contributed by atoms with Gasteiger partial charge in [-0.15, -0.1) is 0 Å². The highest BCUT2D eigenvalue weighted by Crippen LogP contribution is 2.32. The fourth-order valence-electron chi connectivity index (χ4n) is 2.64. The lowest BCUT2D eigenvalue weighted by Gasteiger charge is -2.11. The summed E-state index contributed by atoms with van der Waals surface area (Å²) in [5.41, 5.74) is 2.38. The second kappa shape index (κ2) is 7.64. The Kier molecular flexibility index (Phi) is 5.46. The predicted octanol–water partition coefficient (Wildman–Crippen LogP) is 6.73. The number of ether oxygens (including phenoxy) is 1. The molecule has 0 heterocycles. The standard InChI is InChI=1S/C21H16BrF3O2/c1-13-8-19(6-7-20(13)26)27-12-14-9-16(11-18(22)10-14)15-2-4-17(5-3-15)21(23,24)25/h2-11,26H,12H2,1H3. The minimum Gasteiger partial charge on any atom is -0.508 e. The molecule has 0 unspecified atom stereocenters. The van der Waals surface area contributed by atoms with Gasteiger partial charge in [0, 0.05) is 4.47 Å². The molecule has 0 bridgehead atoms. The van der Waals surface area contributed by atoms with E-state index >= 15 is 0 Å². The molecule has 0 amide bonds. The molecule has 0 aliphatic carbocycles. The third kappa shape index (κ3) is 4.83. The monoisotopic (exact) mass is 436 g/mol. The van der Waals surface area contributed by atoms with Crippen LogP contribution in [0.4, 0.5) is 13.2 Å². The lowest BCUT2D eigenvalue weighted by Crippen LogP contribution is -2.04. The van der Waals surface area contributed by atoms with Crippen LogP contribution in [-0.2, 0) is 12.8 Å². The molecule has 1 N–H and O–H groups in total. The SMILES string of the molecule is Cc1cc(OCc2cc(Br)cc(-c3ccc(C(F)(F)F)cc3)c2)ccc1O. The predicted molar refractivity (Wildman–Crippen MR) is 102 cm³/mol. The summed E-state index contributed by atoms with van der Waals surface area (Å²) in [6.45, 7) is 2.07. The van der Waals surface area contributed by atoms with Crippen molar-refractivity contribution in [3.05, 3.63) is 81.8 Å². The Bertz CT molecular complexity index is 951. The van der Waals surface area contributed by atoms with Crippen molar-refractivity contribution in [1.29, 1.82) is 0 Å². The molecule has 3 rings (SSSR count). The fourth-order valence-corrected chi connectivity index (χ4v) is 3.18. The Morgan fingerprint density at radius 2 is 1.63 bits per heavy atom. The molecule has 0 atom stereocenters. The minimum atomic E-state index is -4.35. The molecule has 140 valence electrons. The van der Waals surface area contributed by atoms with Crippen LogP contribution in [0.1, 0.15) is 16.7 Å². The molecule has 0 spiro atoms. The van der Waals surface area contributed by atoms with E-state index in [-0.39, 0.29) is 12.4 Å². The van der Waals surface area contributed by atoms with Crippen LogP contribution < -0.4 is 4.74 Å². The molecule has 27 heavy (non-hydrogen) atoms. The Morgan fingerprint density at radius 1 is 0.926 bits per heavy atom. The van der Waals surface area contributed by atoms with Gasteiger partial charge in [0.05, 0.1) is 5.56 Å². The third-order valence-corrected chi connectivity index (χ3v) is 4.53. The Hall–Kier alpha value is -2.47. The average molecular weight is 437 g/mol. The molecule has 0 saturated heterocycles. The van der Waals surface area contributed by atoms with Gasteiger partial charge in [0.15, 0.2) is 0 Å². The normalized spacial score (nSPS) is 11.4. The number of hydrogen-bond donors (Lipinski definition) is 1. The summed E-state index contributed by atoms with van der Waals surface area (Å²) in [6, 6.07) is 15.7. The maximum Gasteiger partial charge on any atom is 0.416 e. The van der Waals surface area contributed by atoms with Gasteiger partial charge in [0.1, 0.15) is 18.1 Å². The first kappa shape index (κ1) is 19.3. The van der Waals surface area contributed by atoms with Crippen molar-refractivity contribution >= 4 is 15.9 Å². The highest BCUT2D eigenvalue weighted by molar-refractivity contribution is 9.10. The molecule has 0 aliphatic heterocycles. The van der Waals surface area contributed by atoms with Crippen LogP contribution in [0, 0.1) is 6.92 Å². The van der Waals surface area contributed by atoms with E-state index < -0.39 is 11.7 Å². The fraction of sp³-hybridized carbons (Fsp3) is 0.143. The second-order valence-corrected chi connectivity index (χ2v) is 7.08. The number of benzene rings is 3. The van der Waals surface area contributed by atoms with Crippen molar-refractivity contribution in [3.8, 4) is 22.6 Å². The van der Waals surface area contributed by atoms with E-state index in [2.05, 4.69) is 15.9 Å². The van der Waals surface area contributed by atoms with E-state index in [0.717, 1.165) is 27.7 Å². The highest BCUT2D eigenvalue weighted by Gasteiger charge is 2.29. The molecule has 2 nitrogen and oxygen atoms in total. The van der Waals surface area contributed by atoms with E-state index in [1.165, 1.54) is 12.1 Å². The van der Waals surface area contributed by atoms with Crippen molar-refractivity contribution in [2.75, 3.05) is 0 Å². The number of aromatic hydroxyl groups is 1. The Labute approximate surface area is 163 Å². The van der Waals surface area contributed by atoms with Crippen LogP contribution in [0.3, 0.4) is 0 Å². The van der Waals surface area contributed by atoms with Crippen molar-refractivity contribution in [1.82, 2.24) is 0 Å². The van der Waals surface area contributed by atoms with Crippen molar-refractivity contribution in [2.45, 2.75) is 19.7 Å². The largest absolute Gasteiger partial charge is 0.508 e. The molecule has 6 heteroatoms. The van der Waals surface area contributed by atoms with E-state index in [1.54, 1.807) is 25.1 Å². The minimum absolute atomic E-state index is 0.203. The zero-order valence-electron chi connectivity index (χ0n) is 14.3. The highest BCUT2D eigenvalue weighted by atomic mass is 79.9. The van der Waals surface area contributed by atoms with Crippen LogP contribution >= 0.6 is 15.9 Å². The zero-order chi connectivity index (χ0) is 19.6. The summed E-state index contributed by atoms with van der Waals surface area (Å²) in [5, 5.41) is 9.57. The van der Waals surface area contributed by atoms with Gasteiger partial charge in [-0.1, -0.05) is 28.1 Å². The Balaban J connectivity index is 1.80. The van der Waals surface area contributed by atoms with Crippen molar-refractivity contribution < 1.29 is 23.0 Å². The second-order valence-electron chi connectivity index (χ2n) is 6.16. The van der Waals surface area contributed by atoms with Crippen LogP contribution in [0.15, 0.2) is 65.1 Å². The molecule has 0 aromatic heterocycles. The van der Waals surface area contributed by atoms with E-state index in [0.29, 0.717) is 16.9 Å². The number of hydrogen-bond acceptors (Lipinski definition) is 2. The van der Waals surface area contributed by atoms with Gasteiger partial charge in [-0.3, -0.25) is 0 Å². The molecule has 0 aliphatic rings. The molecule has 0 fully saturated rings. The molecule has 0 saturated carbocycles. The summed E-state index contributed by atoms with van der Waals surface area (Å²) in [7, 11) is 0. The topological polar surface area (TPSA) is 29.5 Å². The van der Waals surface area contributed by atoms with E-state index in [9.17, 15) is 18.3 Å². The lowest BCUT2D eigenvalue weighted by molar-refractivity contribution is -0.137. The summed E-state index contributed by atoms with van der Waals surface area (Å²) >= 11 is 3.44. The molecule has 0 radical (unpaired) electrons. The van der Waals surface area contributed by atoms with Gasteiger partial charge in [0.2, 0.25) is 0 Å². The summed E-state index contributed by atoms with van der Waals surface area (Å²) in [6.07, 6.45) is -4.35. The quantitative estimate of drug-likeness (QED) is 0.491. The zero-order valence-corrected chi connectivity index (χ0v) is 15.9. The van der Waals surface area contributed by atoms with Gasteiger partial charge >= 0.3 is 6.18 Å². The maximum atomic E-state index is 12.7. The number of alkyl halides is 3. The van der Waals surface area contributed by atoms with Crippen LogP contribution in [0.5, 0.6) is 11.5 Å². The van der Waals surface area contributed by atoms with Crippen molar-refractivity contribution in [3.63, 3.8) is 0 Å². The van der Waals surface area contributed by atoms with Crippen LogP contribution in [0.2, 0.25) is 0 Å². The summed E-state index contributed by atoms with van der Waals surface area (Å²) in [4.78, 5) is 0. The van der Waals surface area contributed by atoms with Gasteiger partial charge in [-0.25, -0.2) is 0 Å². The molecular formula is C21H16BrF3O2. The van der Waals surface area contributed by atoms with Crippen LogP contribution in [0.25, 0.3) is 11.1 Å². The maximum absolute atomic E-state index is 12.7. The number of phenols is 1. The van der Waals surface area contributed by atoms with Crippen molar-refractivity contribution in [2.24, 2.45) is 0 Å². The van der Waals surface area contributed by atoms with Gasteiger partial charge in [-0.2, -0.15) is 13.2 Å². The number of phenolic OH excluding ortho intramolecular Hbond substituents is 1.